The van der Waals surface area contributed by atoms with Gasteiger partial charge < -0.3 is 4.90 Å². The molecule has 0 fully saturated rings. The summed E-state index contributed by atoms with van der Waals surface area (Å²) in [5, 5.41) is 1.95. The second-order valence-electron chi connectivity index (χ2n) is 8.49. The van der Waals surface area contributed by atoms with Crippen molar-refractivity contribution in [2.24, 2.45) is 11.8 Å². The fraction of sp³-hybridized carbons (Fsp3) is 0.760. The van der Waals surface area contributed by atoms with Crippen molar-refractivity contribution >= 4 is 23.0 Å². The number of rotatable bonds is 16. The van der Waals surface area contributed by atoms with Gasteiger partial charge >= 0.3 is 0 Å². The van der Waals surface area contributed by atoms with Crippen LogP contribution in [0.3, 0.4) is 0 Å². The van der Waals surface area contributed by atoms with Crippen LogP contribution in [0.15, 0.2) is 11.4 Å². The number of aryl methyl sites for hydroxylation is 1. The molecule has 0 radical (unpaired) electrons. The first kappa shape index (κ1) is 25.9. The Bertz CT molecular complexity index is 577. The highest BCUT2D eigenvalue weighted by Crippen LogP contribution is 2.22. The Hall–Kier alpha value is -1.16. The van der Waals surface area contributed by atoms with Crippen molar-refractivity contribution in [1.82, 2.24) is 4.90 Å². The predicted molar refractivity (Wildman–Crippen MR) is 126 cm³/mol. The van der Waals surface area contributed by atoms with Crippen LogP contribution in [0.2, 0.25) is 0 Å². The summed E-state index contributed by atoms with van der Waals surface area (Å²) >= 11 is 1.49. The molecule has 0 aliphatic carbocycles. The van der Waals surface area contributed by atoms with E-state index in [-0.39, 0.29) is 11.7 Å². The molecular weight excluding hydrogens is 378 g/mol. The molecular formula is C25H43NO2S. The molecule has 4 heteroatoms. The summed E-state index contributed by atoms with van der Waals surface area (Å²) < 4.78 is 0. The minimum atomic E-state index is 0.113. The fourth-order valence-electron chi connectivity index (χ4n) is 3.89. The number of hydrogen-bond acceptors (Lipinski definition) is 3. The van der Waals surface area contributed by atoms with Gasteiger partial charge in [-0.05, 0) is 48.6 Å². The first-order valence-corrected chi connectivity index (χ1v) is 12.7. The van der Waals surface area contributed by atoms with E-state index >= 15 is 0 Å². The maximum Gasteiger partial charge on any atom is 0.223 e. The second-order valence-corrected chi connectivity index (χ2v) is 9.40. The molecule has 0 spiro atoms. The van der Waals surface area contributed by atoms with E-state index in [9.17, 15) is 9.59 Å². The Labute approximate surface area is 183 Å². The monoisotopic (exact) mass is 421 g/mol. The lowest BCUT2D eigenvalue weighted by Crippen LogP contribution is -2.39. The van der Waals surface area contributed by atoms with Crippen LogP contribution >= 0.6 is 11.3 Å². The number of amides is 1. The summed E-state index contributed by atoms with van der Waals surface area (Å²) in [6.07, 6.45) is 10.1. The van der Waals surface area contributed by atoms with Gasteiger partial charge in [0.1, 0.15) is 0 Å². The van der Waals surface area contributed by atoms with E-state index in [0.29, 0.717) is 24.7 Å². The molecule has 1 heterocycles. The number of unbranched alkanes of at least 4 members (excludes halogenated alkanes) is 2. The van der Waals surface area contributed by atoms with Crippen LogP contribution in [0.5, 0.6) is 0 Å². The molecule has 2 atom stereocenters. The Balaban J connectivity index is 2.76. The quantitative estimate of drug-likeness (QED) is 0.263. The third-order valence-electron chi connectivity index (χ3n) is 6.08. The van der Waals surface area contributed by atoms with Crippen molar-refractivity contribution in [1.29, 1.82) is 0 Å². The van der Waals surface area contributed by atoms with Gasteiger partial charge in [-0.25, -0.2) is 0 Å². The fourth-order valence-corrected chi connectivity index (χ4v) is 4.78. The summed E-state index contributed by atoms with van der Waals surface area (Å²) in [4.78, 5) is 28.6. The molecule has 0 N–H and O–H groups in total. The minimum absolute atomic E-state index is 0.113. The van der Waals surface area contributed by atoms with E-state index in [4.69, 9.17) is 0 Å². The highest BCUT2D eigenvalue weighted by molar-refractivity contribution is 7.12. The largest absolute Gasteiger partial charge is 0.342 e. The number of nitrogens with zero attached hydrogens (tertiary/aromatic N) is 1. The lowest BCUT2D eigenvalue weighted by atomic mass is 9.95. The van der Waals surface area contributed by atoms with Gasteiger partial charge in [0.05, 0.1) is 4.88 Å². The van der Waals surface area contributed by atoms with Crippen LogP contribution < -0.4 is 0 Å². The van der Waals surface area contributed by atoms with E-state index in [1.807, 2.05) is 18.4 Å². The Kier molecular flexibility index (Phi) is 13.2. The van der Waals surface area contributed by atoms with Crippen LogP contribution in [0.1, 0.15) is 107 Å². The molecule has 29 heavy (non-hydrogen) atoms. The molecule has 1 aromatic rings. The highest BCUT2D eigenvalue weighted by Gasteiger charge is 2.22. The maximum absolute atomic E-state index is 13.1. The number of Topliss-reactive ketones (excluding diaryl/α,β-unsaturated/α-hetero) is 1. The van der Waals surface area contributed by atoms with Crippen LogP contribution in [0.25, 0.3) is 0 Å². The van der Waals surface area contributed by atoms with Crippen molar-refractivity contribution in [2.45, 2.75) is 98.8 Å². The predicted octanol–water partition coefficient (Wildman–Crippen LogP) is 7.28. The molecule has 3 nitrogen and oxygen atoms in total. The van der Waals surface area contributed by atoms with Gasteiger partial charge in [-0.1, -0.05) is 66.2 Å². The molecule has 1 rings (SSSR count). The van der Waals surface area contributed by atoms with Gasteiger partial charge in [0, 0.05) is 25.9 Å². The molecule has 0 aliphatic rings. The van der Waals surface area contributed by atoms with Gasteiger partial charge in [0.25, 0.3) is 0 Å². The van der Waals surface area contributed by atoms with Gasteiger partial charge in [-0.3, -0.25) is 9.59 Å². The molecule has 0 saturated carbocycles. The van der Waals surface area contributed by atoms with Crippen molar-refractivity contribution in [3.63, 3.8) is 0 Å². The smallest absolute Gasteiger partial charge is 0.223 e. The van der Waals surface area contributed by atoms with Gasteiger partial charge in [0.15, 0.2) is 5.78 Å². The molecule has 166 valence electrons. The standard InChI is InChI=1S/C25H43NO2S/c1-6-10-12-21(8-3)18-26(19-22(9-4)13-11-7-2)24(28)15-14-23(27)25-20(5)16-17-29-25/h16-17,21-22H,6-15,18-19H2,1-5H3. The van der Waals surface area contributed by atoms with E-state index in [1.54, 1.807) is 0 Å². The number of hydrogen-bond donors (Lipinski definition) is 0. The number of carbonyl (C=O) groups is 2. The number of ketones is 1. The third-order valence-corrected chi connectivity index (χ3v) is 7.14. The summed E-state index contributed by atoms with van der Waals surface area (Å²) in [5.74, 6) is 1.41. The van der Waals surface area contributed by atoms with Crippen molar-refractivity contribution in [3.8, 4) is 0 Å². The maximum atomic E-state index is 13.1. The first-order chi connectivity index (χ1) is 14.0. The van der Waals surface area contributed by atoms with Crippen molar-refractivity contribution in [2.75, 3.05) is 13.1 Å². The zero-order valence-electron chi connectivity index (χ0n) is 19.5. The minimum Gasteiger partial charge on any atom is -0.342 e. The molecule has 1 amide bonds. The van der Waals surface area contributed by atoms with E-state index < -0.39 is 0 Å². The van der Waals surface area contributed by atoms with Crippen molar-refractivity contribution < 1.29 is 9.59 Å². The van der Waals surface area contributed by atoms with E-state index in [2.05, 4.69) is 32.6 Å². The van der Waals surface area contributed by atoms with Crippen LogP contribution in [0.4, 0.5) is 0 Å². The zero-order chi connectivity index (χ0) is 21.6. The average Bonchev–Trinajstić information content (AvgIpc) is 3.16. The molecule has 0 aliphatic heterocycles. The Morgan fingerprint density at radius 3 is 1.90 bits per heavy atom. The first-order valence-electron chi connectivity index (χ1n) is 11.8. The number of carbonyl (C=O) groups excluding carboxylic acids is 2. The molecule has 0 bridgehead atoms. The lowest BCUT2D eigenvalue weighted by Gasteiger charge is -2.31. The van der Waals surface area contributed by atoms with Gasteiger partial charge in [-0.15, -0.1) is 11.3 Å². The van der Waals surface area contributed by atoms with Crippen molar-refractivity contribution in [3.05, 3.63) is 21.9 Å². The molecule has 2 unspecified atom stereocenters. The SMILES string of the molecule is CCCCC(CC)CN(CC(CC)CCCC)C(=O)CCC(=O)c1sccc1C. The third kappa shape index (κ3) is 9.46. The Morgan fingerprint density at radius 1 is 0.931 bits per heavy atom. The number of thiophene rings is 1. The molecule has 1 aromatic heterocycles. The summed E-state index contributed by atoms with van der Waals surface area (Å²) in [6.45, 7) is 12.6. The topological polar surface area (TPSA) is 37.4 Å². The van der Waals surface area contributed by atoms with E-state index in [1.165, 1.54) is 49.9 Å². The molecule has 0 aromatic carbocycles. The average molecular weight is 422 g/mol. The molecule has 0 saturated heterocycles. The van der Waals surface area contributed by atoms with Gasteiger partial charge in [-0.2, -0.15) is 0 Å². The highest BCUT2D eigenvalue weighted by atomic mass is 32.1. The summed E-state index contributed by atoms with van der Waals surface area (Å²) in [7, 11) is 0. The van der Waals surface area contributed by atoms with Crippen LogP contribution in [0, 0.1) is 18.8 Å². The summed E-state index contributed by atoms with van der Waals surface area (Å²) in [5.41, 5.74) is 1.03. The normalized spacial score (nSPS) is 13.3. The summed E-state index contributed by atoms with van der Waals surface area (Å²) in [6, 6.07) is 1.98. The zero-order valence-corrected chi connectivity index (χ0v) is 20.3. The van der Waals surface area contributed by atoms with E-state index in [0.717, 1.165) is 36.4 Å². The second kappa shape index (κ2) is 14.8. The van der Waals surface area contributed by atoms with Crippen LogP contribution in [-0.4, -0.2) is 29.7 Å². The van der Waals surface area contributed by atoms with Crippen LogP contribution in [-0.2, 0) is 4.79 Å². The van der Waals surface area contributed by atoms with Gasteiger partial charge in [0.2, 0.25) is 5.91 Å². The lowest BCUT2D eigenvalue weighted by molar-refractivity contribution is -0.132. The Morgan fingerprint density at radius 2 is 1.48 bits per heavy atom.